The topological polar surface area (TPSA) is 44.1 Å². The van der Waals surface area contributed by atoms with Gasteiger partial charge >= 0.3 is 5.96 Å². The Bertz CT molecular complexity index is 354. The number of aromatic nitrogens is 2. The van der Waals surface area contributed by atoms with Crippen LogP contribution in [0.5, 0.6) is 0 Å². The van der Waals surface area contributed by atoms with Crippen LogP contribution in [0.25, 0.3) is 0 Å². The van der Waals surface area contributed by atoms with E-state index in [-0.39, 0.29) is 0 Å². The van der Waals surface area contributed by atoms with Crippen LogP contribution in [0.1, 0.15) is 24.1 Å². The predicted molar refractivity (Wildman–Crippen MR) is 53.3 cm³/mol. The number of aromatic amines is 1. The van der Waals surface area contributed by atoms with E-state index in [1.54, 1.807) is 0 Å². The van der Waals surface area contributed by atoms with Crippen molar-refractivity contribution in [2.75, 3.05) is 13.1 Å². The number of aliphatic imine (C=N–C) groups is 1. The Hall–Kier alpha value is -1.32. The van der Waals surface area contributed by atoms with Gasteiger partial charge < -0.3 is 0 Å². The van der Waals surface area contributed by atoms with Crippen LogP contribution in [0, 0.1) is 0 Å². The van der Waals surface area contributed by atoms with Gasteiger partial charge in [0.2, 0.25) is 0 Å². The van der Waals surface area contributed by atoms with E-state index in [2.05, 4.69) is 21.6 Å². The maximum absolute atomic E-state index is 4.39. The van der Waals surface area contributed by atoms with E-state index in [1.807, 2.05) is 4.68 Å². The lowest BCUT2D eigenvalue weighted by Crippen LogP contribution is -2.50. The number of nitrogens with zero attached hydrogens (tertiary/aromatic N) is 2. The molecule has 2 aliphatic rings. The van der Waals surface area contributed by atoms with Gasteiger partial charge in [0.1, 0.15) is 6.54 Å². The van der Waals surface area contributed by atoms with E-state index in [1.165, 1.54) is 36.9 Å². The number of H-pyrrole nitrogens is 1. The van der Waals surface area contributed by atoms with Crippen molar-refractivity contribution in [1.29, 1.82) is 0 Å². The van der Waals surface area contributed by atoms with Crippen molar-refractivity contribution in [3.8, 4) is 0 Å². The highest BCUT2D eigenvalue weighted by molar-refractivity contribution is 5.71. The first-order valence-electron chi connectivity index (χ1n) is 5.34. The summed E-state index contributed by atoms with van der Waals surface area (Å²) in [6, 6.07) is 0. The fourth-order valence-electron chi connectivity index (χ4n) is 2.19. The standard InChI is InChI=1S/C10H14N4/c1-2-4-9-8(3-1)7-14(13-9)10-11-5-6-12-10/h7H,1-6H2,(H,11,12)/p+1. The number of rotatable bonds is 0. The van der Waals surface area contributed by atoms with Crippen LogP contribution in [-0.4, -0.2) is 24.1 Å². The zero-order valence-corrected chi connectivity index (χ0v) is 8.21. The Morgan fingerprint density at radius 1 is 1.29 bits per heavy atom. The van der Waals surface area contributed by atoms with Crippen LogP contribution >= 0.6 is 0 Å². The minimum atomic E-state index is 0.895. The van der Waals surface area contributed by atoms with Gasteiger partial charge in [0.15, 0.2) is 0 Å². The van der Waals surface area contributed by atoms with Gasteiger partial charge in [0.25, 0.3) is 0 Å². The highest BCUT2D eigenvalue weighted by Crippen LogP contribution is 2.17. The number of hydrogen-bond donors (Lipinski definition) is 2. The summed E-state index contributed by atoms with van der Waals surface area (Å²) < 4.78 is 2.03. The second-order valence-corrected chi connectivity index (χ2v) is 3.95. The monoisotopic (exact) mass is 191 g/mol. The molecule has 1 aromatic heterocycles. The summed E-state index contributed by atoms with van der Waals surface area (Å²) in [4.78, 5) is 4.39. The van der Waals surface area contributed by atoms with Crippen molar-refractivity contribution in [2.45, 2.75) is 25.7 Å². The van der Waals surface area contributed by atoms with Gasteiger partial charge in [-0.25, -0.2) is 5.10 Å². The molecule has 0 fully saturated rings. The largest absolute Gasteiger partial charge is 0.408 e. The third-order valence-electron chi connectivity index (χ3n) is 2.94. The summed E-state index contributed by atoms with van der Waals surface area (Å²) in [6.45, 7) is 1.86. The maximum Gasteiger partial charge on any atom is 0.408 e. The Labute approximate surface area is 83.0 Å². The molecule has 14 heavy (non-hydrogen) atoms. The lowest BCUT2D eigenvalue weighted by atomic mass is 9.99. The summed E-state index contributed by atoms with van der Waals surface area (Å²) in [5.74, 6) is 0.972. The summed E-state index contributed by atoms with van der Waals surface area (Å²) in [5, 5.41) is 6.66. The normalized spacial score (nSPS) is 20.1. The molecule has 0 radical (unpaired) electrons. The smallest absolute Gasteiger partial charge is 0.270 e. The van der Waals surface area contributed by atoms with Crippen molar-refractivity contribution >= 4 is 5.96 Å². The molecule has 4 heteroatoms. The van der Waals surface area contributed by atoms with Crippen molar-refractivity contribution in [3.05, 3.63) is 17.5 Å². The number of nitrogens with one attached hydrogen (secondary N) is 2. The Balaban J connectivity index is 1.95. The first kappa shape index (κ1) is 8.03. The number of hydrogen-bond acceptors (Lipinski definition) is 2. The molecule has 0 atom stereocenters. The molecule has 2 heterocycles. The fourth-order valence-corrected chi connectivity index (χ4v) is 2.19. The van der Waals surface area contributed by atoms with Gasteiger partial charge in [-0.05, 0) is 25.7 Å². The van der Waals surface area contributed by atoms with Crippen LogP contribution in [0.4, 0.5) is 0 Å². The summed E-state index contributed by atoms with van der Waals surface area (Å²) in [6.07, 6.45) is 7.23. The molecule has 1 aliphatic carbocycles. The Kier molecular flexibility index (Phi) is 1.79. The van der Waals surface area contributed by atoms with Crippen molar-refractivity contribution in [3.63, 3.8) is 0 Å². The van der Waals surface area contributed by atoms with Crippen LogP contribution < -0.4 is 10.00 Å². The Morgan fingerprint density at radius 3 is 3.00 bits per heavy atom. The average Bonchev–Trinajstić information content (AvgIpc) is 2.86. The van der Waals surface area contributed by atoms with E-state index in [0.717, 1.165) is 19.0 Å². The summed E-state index contributed by atoms with van der Waals surface area (Å²) in [5.41, 5.74) is 2.86. The highest BCUT2D eigenvalue weighted by Gasteiger charge is 2.21. The quantitative estimate of drug-likeness (QED) is 0.556. The first-order chi connectivity index (χ1) is 6.93. The molecule has 0 bridgehead atoms. The van der Waals surface area contributed by atoms with Crippen LogP contribution in [-0.2, 0) is 12.8 Å². The van der Waals surface area contributed by atoms with Crippen molar-refractivity contribution in [1.82, 2.24) is 10.4 Å². The van der Waals surface area contributed by atoms with Crippen molar-refractivity contribution in [2.24, 2.45) is 4.99 Å². The number of aryl methyl sites for hydroxylation is 2. The lowest BCUT2D eigenvalue weighted by molar-refractivity contribution is -0.621. The SMILES string of the molecule is c1c2c([nH][n+]1C1=NCCN1)CCCC2. The average molecular weight is 191 g/mol. The van der Waals surface area contributed by atoms with E-state index in [0.29, 0.717) is 0 Å². The molecular formula is C10H15N4+. The van der Waals surface area contributed by atoms with Crippen molar-refractivity contribution < 1.29 is 4.68 Å². The fraction of sp³-hybridized carbons (Fsp3) is 0.600. The van der Waals surface area contributed by atoms with Gasteiger partial charge in [0, 0.05) is 5.56 Å². The van der Waals surface area contributed by atoms with Crippen LogP contribution in [0.15, 0.2) is 11.2 Å². The lowest BCUT2D eigenvalue weighted by Gasteiger charge is -2.06. The zero-order chi connectivity index (χ0) is 9.38. The number of fused-ring (bicyclic) bond motifs is 1. The molecule has 0 unspecified atom stereocenters. The van der Waals surface area contributed by atoms with E-state index >= 15 is 0 Å². The molecule has 0 saturated carbocycles. The first-order valence-corrected chi connectivity index (χ1v) is 5.34. The van der Waals surface area contributed by atoms with Gasteiger partial charge in [-0.15, -0.1) is 9.67 Å². The summed E-state index contributed by atoms with van der Waals surface area (Å²) >= 11 is 0. The van der Waals surface area contributed by atoms with Crippen LogP contribution in [0.2, 0.25) is 0 Å². The summed E-state index contributed by atoms with van der Waals surface area (Å²) in [7, 11) is 0. The van der Waals surface area contributed by atoms with E-state index in [9.17, 15) is 0 Å². The molecule has 74 valence electrons. The molecule has 0 spiro atoms. The second kappa shape index (κ2) is 3.12. The predicted octanol–water partition coefficient (Wildman–Crippen LogP) is -0.0117. The molecule has 0 aromatic carbocycles. The highest BCUT2D eigenvalue weighted by atomic mass is 15.4. The molecule has 4 nitrogen and oxygen atoms in total. The van der Waals surface area contributed by atoms with Gasteiger partial charge in [0.05, 0.1) is 18.4 Å². The molecule has 1 aromatic rings. The second-order valence-electron chi connectivity index (χ2n) is 3.95. The van der Waals surface area contributed by atoms with Crippen LogP contribution in [0.3, 0.4) is 0 Å². The minimum Gasteiger partial charge on any atom is -0.270 e. The Morgan fingerprint density at radius 2 is 2.21 bits per heavy atom. The molecule has 2 N–H and O–H groups in total. The minimum absolute atomic E-state index is 0.895. The van der Waals surface area contributed by atoms with Gasteiger partial charge in [-0.2, -0.15) is 0 Å². The van der Waals surface area contributed by atoms with E-state index < -0.39 is 0 Å². The van der Waals surface area contributed by atoms with Gasteiger partial charge in [-0.3, -0.25) is 5.32 Å². The maximum atomic E-state index is 4.39. The third-order valence-corrected chi connectivity index (χ3v) is 2.94. The van der Waals surface area contributed by atoms with E-state index in [4.69, 9.17) is 0 Å². The molecule has 1 aliphatic heterocycles. The van der Waals surface area contributed by atoms with Gasteiger partial charge in [-0.1, -0.05) is 0 Å². The molecular weight excluding hydrogens is 176 g/mol. The molecule has 0 saturated heterocycles. The molecule has 3 rings (SSSR count). The zero-order valence-electron chi connectivity index (χ0n) is 8.21. The third kappa shape index (κ3) is 1.22. The molecule has 0 amide bonds.